The van der Waals surface area contributed by atoms with Crippen LogP contribution in [0, 0.1) is 0 Å². The normalized spacial score (nSPS) is 14.8. The maximum absolute atomic E-state index is 12.0. The molecule has 0 nitrogen and oxygen atoms in total. The van der Waals surface area contributed by atoms with Gasteiger partial charge in [0, 0.05) is 0 Å². The minimum absolute atomic E-state index is 0.192. The lowest BCUT2D eigenvalue weighted by molar-refractivity contribution is -0.259. The Morgan fingerprint density at radius 3 is 1.75 bits per heavy atom. The van der Waals surface area contributed by atoms with Gasteiger partial charge < -0.3 is 0 Å². The van der Waals surface area contributed by atoms with Crippen molar-refractivity contribution in [3.63, 3.8) is 0 Å². The number of allylic oxidation sites excluding steroid dienone is 3. The zero-order valence-electron chi connectivity index (χ0n) is 5.58. The van der Waals surface area contributed by atoms with Crippen molar-refractivity contribution in [3.8, 4) is 0 Å². The van der Waals surface area contributed by atoms with Gasteiger partial charge in [0.1, 0.15) is 0 Å². The molecule has 0 radical (unpaired) electrons. The van der Waals surface area contributed by atoms with Gasteiger partial charge in [-0.25, -0.2) is 0 Å². The Balaban J connectivity index is 4.42. The first-order chi connectivity index (χ1) is 5.31. The van der Waals surface area contributed by atoms with E-state index in [0.29, 0.717) is 6.08 Å². The summed E-state index contributed by atoms with van der Waals surface area (Å²) >= 11 is 1.70. The van der Waals surface area contributed by atoms with E-state index in [1.54, 1.807) is 22.6 Å². The van der Waals surface area contributed by atoms with Crippen molar-refractivity contribution >= 4 is 22.6 Å². The van der Waals surface area contributed by atoms with Crippen LogP contribution in [0.25, 0.3) is 0 Å². The van der Waals surface area contributed by atoms with E-state index in [9.17, 15) is 22.0 Å². The predicted molar refractivity (Wildman–Crippen MR) is 43.3 cm³/mol. The summed E-state index contributed by atoms with van der Waals surface area (Å²) in [6.45, 7) is 0. The maximum atomic E-state index is 12.0. The standard InChI is InChI=1S/C6H4F5I/c7-5(8,6(9,10)11)3-1-2-4-12/h1-4H. The molecule has 0 spiro atoms. The molecule has 6 heteroatoms. The molecule has 0 bridgehead atoms. The zero-order valence-corrected chi connectivity index (χ0v) is 7.73. The number of hydrogen-bond donors (Lipinski definition) is 0. The minimum Gasteiger partial charge on any atom is -0.191 e. The highest BCUT2D eigenvalue weighted by atomic mass is 127. The molecular weight excluding hydrogens is 294 g/mol. The van der Waals surface area contributed by atoms with E-state index < -0.39 is 12.1 Å². The van der Waals surface area contributed by atoms with E-state index in [1.807, 2.05) is 0 Å². The third-order valence-electron chi connectivity index (χ3n) is 0.867. The highest BCUT2D eigenvalue weighted by Crippen LogP contribution is 2.36. The molecule has 70 valence electrons. The summed E-state index contributed by atoms with van der Waals surface area (Å²) in [6, 6.07) is 0. The van der Waals surface area contributed by atoms with Gasteiger partial charge >= 0.3 is 12.1 Å². The van der Waals surface area contributed by atoms with Gasteiger partial charge in [-0.2, -0.15) is 22.0 Å². The molecule has 0 unspecified atom stereocenters. The van der Waals surface area contributed by atoms with E-state index in [4.69, 9.17) is 0 Å². The molecule has 0 aromatic rings. The Kier molecular flexibility index (Phi) is 4.15. The lowest BCUT2D eigenvalue weighted by Gasteiger charge is -2.14. The quantitative estimate of drug-likeness (QED) is 0.414. The van der Waals surface area contributed by atoms with Crippen molar-refractivity contribution in [1.29, 1.82) is 0 Å². The Morgan fingerprint density at radius 2 is 1.42 bits per heavy atom. The van der Waals surface area contributed by atoms with Gasteiger partial charge in [0.25, 0.3) is 0 Å². The second-order valence-corrected chi connectivity index (χ2v) is 2.52. The summed E-state index contributed by atoms with van der Waals surface area (Å²) in [5.41, 5.74) is 0. The molecule has 0 amide bonds. The first-order valence-electron chi connectivity index (χ1n) is 2.70. The molecule has 0 N–H and O–H groups in total. The Labute approximate surface area is 79.3 Å². The van der Waals surface area contributed by atoms with Crippen molar-refractivity contribution in [1.82, 2.24) is 0 Å². The van der Waals surface area contributed by atoms with Crippen molar-refractivity contribution < 1.29 is 22.0 Å². The molecule has 0 aliphatic rings. The molecule has 0 heterocycles. The molecule has 0 aromatic carbocycles. The average molecular weight is 298 g/mol. The Bertz CT molecular complexity index is 191. The maximum Gasteiger partial charge on any atom is 0.457 e. The smallest absolute Gasteiger partial charge is 0.191 e. The van der Waals surface area contributed by atoms with E-state index in [-0.39, 0.29) is 6.08 Å². The van der Waals surface area contributed by atoms with Crippen LogP contribution in [0.2, 0.25) is 0 Å². The summed E-state index contributed by atoms with van der Waals surface area (Å²) in [5, 5.41) is 0. The number of alkyl halides is 5. The largest absolute Gasteiger partial charge is 0.457 e. The lowest BCUT2D eigenvalue weighted by atomic mass is 10.3. The number of halogens is 6. The van der Waals surface area contributed by atoms with Gasteiger partial charge in [-0.15, -0.1) is 0 Å². The van der Waals surface area contributed by atoms with Crippen LogP contribution in [0.3, 0.4) is 0 Å². The monoisotopic (exact) mass is 298 g/mol. The van der Waals surface area contributed by atoms with Crippen LogP contribution < -0.4 is 0 Å². The van der Waals surface area contributed by atoms with Gasteiger partial charge in [0.15, 0.2) is 0 Å². The van der Waals surface area contributed by atoms with Crippen LogP contribution in [-0.4, -0.2) is 12.1 Å². The van der Waals surface area contributed by atoms with Crippen molar-refractivity contribution in [2.24, 2.45) is 0 Å². The van der Waals surface area contributed by atoms with Gasteiger partial charge in [-0.05, 0) is 10.2 Å². The zero-order chi connectivity index (χ0) is 9.83. The van der Waals surface area contributed by atoms with E-state index in [2.05, 4.69) is 0 Å². The predicted octanol–water partition coefficient (Wildman–Crippen LogP) is 3.69. The molecule has 0 saturated carbocycles. The van der Waals surface area contributed by atoms with Crippen LogP contribution in [0.4, 0.5) is 22.0 Å². The van der Waals surface area contributed by atoms with Crippen LogP contribution in [0.5, 0.6) is 0 Å². The van der Waals surface area contributed by atoms with Crippen LogP contribution >= 0.6 is 22.6 Å². The molecule has 0 atom stereocenters. The van der Waals surface area contributed by atoms with Crippen molar-refractivity contribution in [2.45, 2.75) is 12.1 Å². The van der Waals surface area contributed by atoms with Gasteiger partial charge in [0.05, 0.1) is 0 Å². The number of hydrogen-bond acceptors (Lipinski definition) is 0. The fourth-order valence-corrected chi connectivity index (χ4v) is 0.553. The van der Waals surface area contributed by atoms with E-state index in [1.165, 1.54) is 4.08 Å². The first kappa shape index (κ1) is 11.9. The third kappa shape index (κ3) is 3.51. The molecule has 0 saturated heterocycles. The summed E-state index contributed by atoms with van der Waals surface area (Å²) in [7, 11) is 0. The van der Waals surface area contributed by atoms with Crippen molar-refractivity contribution in [2.75, 3.05) is 0 Å². The van der Waals surface area contributed by atoms with Crippen molar-refractivity contribution in [3.05, 3.63) is 22.3 Å². The molecule has 0 rings (SSSR count). The topological polar surface area (TPSA) is 0 Å². The molecule has 0 aromatic heterocycles. The summed E-state index contributed by atoms with van der Waals surface area (Å²) in [6.07, 6.45) is -3.97. The Hall–Kier alpha value is -0.140. The highest BCUT2D eigenvalue weighted by molar-refractivity contribution is 14.1. The molecule has 0 aliphatic heterocycles. The van der Waals surface area contributed by atoms with Crippen LogP contribution in [0.1, 0.15) is 0 Å². The molecule has 0 fully saturated rings. The fourth-order valence-electron chi connectivity index (χ4n) is 0.313. The van der Waals surface area contributed by atoms with Gasteiger partial charge in [-0.3, -0.25) is 0 Å². The minimum atomic E-state index is -5.51. The van der Waals surface area contributed by atoms with Crippen LogP contribution in [-0.2, 0) is 0 Å². The van der Waals surface area contributed by atoms with E-state index in [0.717, 1.165) is 6.08 Å². The lowest BCUT2D eigenvalue weighted by Crippen LogP contribution is -2.33. The SMILES string of the molecule is FC(F)(F)C(F)(F)C=CC=CI. The van der Waals surface area contributed by atoms with E-state index >= 15 is 0 Å². The Morgan fingerprint density at radius 1 is 0.917 bits per heavy atom. The molecule has 12 heavy (non-hydrogen) atoms. The molecule has 0 aliphatic carbocycles. The highest BCUT2D eigenvalue weighted by Gasteiger charge is 2.55. The summed E-state index contributed by atoms with van der Waals surface area (Å²) in [5.74, 6) is -4.75. The van der Waals surface area contributed by atoms with Gasteiger partial charge in [-0.1, -0.05) is 34.7 Å². The second-order valence-electron chi connectivity index (χ2n) is 1.80. The summed E-state index contributed by atoms with van der Waals surface area (Å²) in [4.78, 5) is 0. The third-order valence-corrected chi connectivity index (χ3v) is 1.28. The average Bonchev–Trinajstić information content (AvgIpc) is 1.85. The summed E-state index contributed by atoms with van der Waals surface area (Å²) < 4.78 is 59.6. The van der Waals surface area contributed by atoms with Crippen LogP contribution in [0.15, 0.2) is 22.3 Å². The fraction of sp³-hybridized carbons (Fsp3) is 0.333. The first-order valence-corrected chi connectivity index (χ1v) is 3.95. The molecular formula is C6H4F5I. The number of rotatable bonds is 2. The second kappa shape index (κ2) is 4.20. The van der Waals surface area contributed by atoms with Gasteiger partial charge in [0.2, 0.25) is 0 Å².